The molecule has 0 spiro atoms. The lowest BCUT2D eigenvalue weighted by molar-refractivity contribution is -0.140. The van der Waals surface area contributed by atoms with Crippen LogP contribution in [-0.4, -0.2) is 86.9 Å². The molecule has 47 heavy (non-hydrogen) atoms. The number of aromatic amines is 1. The van der Waals surface area contributed by atoms with Crippen molar-refractivity contribution in [2.45, 2.75) is 90.0 Å². The molecule has 2 rings (SSSR count). The van der Waals surface area contributed by atoms with Gasteiger partial charge < -0.3 is 47.9 Å². The molecule has 0 saturated carbocycles. The van der Waals surface area contributed by atoms with Crippen LogP contribution < -0.4 is 32.7 Å². The van der Waals surface area contributed by atoms with Crippen LogP contribution in [0.3, 0.4) is 0 Å². The van der Waals surface area contributed by atoms with Crippen LogP contribution in [0.5, 0.6) is 0 Å². The molecule has 0 fully saturated rings. The van der Waals surface area contributed by atoms with E-state index in [0.717, 1.165) is 10.9 Å². The van der Waals surface area contributed by atoms with Crippen LogP contribution in [0.4, 0.5) is 0 Å². The second-order valence-electron chi connectivity index (χ2n) is 11.6. The molecule has 0 aliphatic heterocycles. The predicted octanol–water partition coefficient (Wildman–Crippen LogP) is -0.496. The van der Waals surface area contributed by atoms with Crippen molar-refractivity contribution in [2.75, 3.05) is 0 Å². The van der Waals surface area contributed by atoms with E-state index in [1.165, 1.54) is 0 Å². The zero-order valence-electron chi connectivity index (χ0n) is 26.9. The smallest absolute Gasteiger partial charge is 0.305 e. The molecule has 0 unspecified atom stereocenters. The number of nitrogens with two attached hydrogens (primary N) is 2. The molecule has 0 aliphatic carbocycles. The summed E-state index contributed by atoms with van der Waals surface area (Å²) in [6.45, 7) is 6.97. The van der Waals surface area contributed by atoms with Gasteiger partial charge in [-0.3, -0.25) is 33.6 Å². The molecule has 16 heteroatoms. The third kappa shape index (κ3) is 11.1. The van der Waals surface area contributed by atoms with Crippen LogP contribution in [0.1, 0.15) is 58.9 Å². The standard InChI is InChI=1S/C31H45N7O9/c1-5-15(3)25(38-31(47)26(16(4)6-2)37-28(44)19(32)12-23(39)40)30(46)36-22(29(45)35-21(27(33)43)13-24(41)42)11-17-14-34-20-10-8-7-9-18(17)20/h7-10,14-16,19,21-22,25-26,34H,5-6,11-13,32H2,1-4H3,(H2,33,43)(H,35,45)(H,36,46)(H,37,44)(H,38,47)(H,39,40)(H,41,42)/t15-,16-,19-,21-,22-,25-,26-/m0/s1. The number of hydrogen-bond donors (Lipinski definition) is 9. The Morgan fingerprint density at radius 2 is 1.26 bits per heavy atom. The zero-order valence-corrected chi connectivity index (χ0v) is 26.9. The summed E-state index contributed by atoms with van der Waals surface area (Å²) in [6.07, 6.45) is 1.01. The summed E-state index contributed by atoms with van der Waals surface area (Å²) in [5.41, 5.74) is 12.4. The van der Waals surface area contributed by atoms with Crippen LogP contribution in [0, 0.1) is 11.8 Å². The van der Waals surface area contributed by atoms with Gasteiger partial charge in [0, 0.05) is 23.5 Å². The molecule has 16 nitrogen and oxygen atoms in total. The number of carboxylic acids is 2. The Labute approximate surface area is 271 Å². The van der Waals surface area contributed by atoms with E-state index in [1.807, 2.05) is 18.2 Å². The molecule has 0 aliphatic rings. The molecule has 1 aromatic carbocycles. The van der Waals surface area contributed by atoms with Crippen LogP contribution in [0.15, 0.2) is 30.5 Å². The van der Waals surface area contributed by atoms with Crippen molar-refractivity contribution in [1.82, 2.24) is 26.3 Å². The Kier molecular flexibility index (Phi) is 14.3. The minimum Gasteiger partial charge on any atom is -0.481 e. The fourth-order valence-electron chi connectivity index (χ4n) is 4.85. The number of carbonyl (C=O) groups is 7. The minimum atomic E-state index is -1.56. The van der Waals surface area contributed by atoms with Crippen LogP contribution >= 0.6 is 0 Å². The van der Waals surface area contributed by atoms with Crippen LogP contribution in [0.25, 0.3) is 10.9 Å². The summed E-state index contributed by atoms with van der Waals surface area (Å²) in [5.74, 6) is -7.84. The van der Waals surface area contributed by atoms with E-state index in [4.69, 9.17) is 16.6 Å². The number of aliphatic carboxylic acids is 2. The fraction of sp³-hybridized carbons (Fsp3) is 0.516. The molecule has 11 N–H and O–H groups in total. The van der Waals surface area contributed by atoms with Gasteiger partial charge in [-0.15, -0.1) is 0 Å². The van der Waals surface area contributed by atoms with E-state index in [1.54, 1.807) is 40.0 Å². The first kappa shape index (κ1) is 38.2. The number of para-hydroxylation sites is 1. The summed E-state index contributed by atoms with van der Waals surface area (Å²) in [7, 11) is 0. The predicted molar refractivity (Wildman–Crippen MR) is 170 cm³/mol. The Bertz CT molecular complexity index is 1460. The maximum atomic E-state index is 13.8. The Balaban J connectivity index is 2.39. The van der Waals surface area contributed by atoms with Crippen molar-refractivity contribution in [3.8, 4) is 0 Å². The van der Waals surface area contributed by atoms with E-state index in [0.29, 0.717) is 18.4 Å². The molecule has 1 aromatic heterocycles. The number of nitrogens with one attached hydrogen (secondary N) is 5. The largest absolute Gasteiger partial charge is 0.481 e. The van der Waals surface area contributed by atoms with Crippen molar-refractivity contribution in [3.05, 3.63) is 36.0 Å². The first-order valence-electron chi connectivity index (χ1n) is 15.3. The van der Waals surface area contributed by atoms with E-state index >= 15 is 0 Å². The third-order valence-corrected chi connectivity index (χ3v) is 8.09. The SMILES string of the molecule is CC[C@H](C)[C@H](NC(=O)[C@@H](NC(=O)[C@@H](N)CC(=O)O)[C@@H](C)CC)C(=O)N[C@@H](Cc1c[nH]c2ccccc12)C(=O)N[C@@H](CC(=O)O)C(N)=O. The number of amides is 5. The number of fused-ring (bicyclic) bond motifs is 1. The monoisotopic (exact) mass is 659 g/mol. The van der Waals surface area contributed by atoms with Crippen LogP contribution in [-0.2, 0) is 40.0 Å². The first-order chi connectivity index (χ1) is 22.1. The highest BCUT2D eigenvalue weighted by atomic mass is 16.4. The maximum Gasteiger partial charge on any atom is 0.305 e. The molecule has 7 atom stereocenters. The molecule has 0 saturated heterocycles. The molecule has 0 bridgehead atoms. The molecule has 5 amide bonds. The van der Waals surface area contributed by atoms with E-state index < -0.39 is 96.4 Å². The lowest BCUT2D eigenvalue weighted by atomic mass is 9.94. The highest BCUT2D eigenvalue weighted by Crippen LogP contribution is 2.20. The van der Waals surface area contributed by atoms with Crippen molar-refractivity contribution in [1.29, 1.82) is 0 Å². The topological polar surface area (TPSA) is 276 Å². The van der Waals surface area contributed by atoms with Gasteiger partial charge in [-0.05, 0) is 23.5 Å². The minimum absolute atomic E-state index is 0.0751. The van der Waals surface area contributed by atoms with Gasteiger partial charge in [-0.25, -0.2) is 0 Å². The van der Waals surface area contributed by atoms with Crippen molar-refractivity contribution >= 4 is 52.4 Å². The quantitative estimate of drug-likeness (QED) is 0.0932. The summed E-state index contributed by atoms with van der Waals surface area (Å²) in [6, 6.07) is 0.567. The number of hydrogen-bond acceptors (Lipinski definition) is 8. The number of H-pyrrole nitrogens is 1. The number of carbonyl (C=O) groups excluding carboxylic acids is 5. The molecule has 258 valence electrons. The van der Waals surface area contributed by atoms with Crippen molar-refractivity contribution in [2.24, 2.45) is 23.3 Å². The van der Waals surface area contributed by atoms with Gasteiger partial charge in [-0.2, -0.15) is 0 Å². The number of aromatic nitrogens is 1. The first-order valence-corrected chi connectivity index (χ1v) is 15.3. The summed E-state index contributed by atoms with van der Waals surface area (Å²) < 4.78 is 0. The average molecular weight is 660 g/mol. The van der Waals surface area contributed by atoms with E-state index in [2.05, 4.69) is 26.3 Å². The second-order valence-corrected chi connectivity index (χ2v) is 11.6. The zero-order chi connectivity index (χ0) is 35.4. The van der Waals surface area contributed by atoms with Gasteiger partial charge in [0.05, 0.1) is 18.9 Å². The van der Waals surface area contributed by atoms with Gasteiger partial charge in [0.1, 0.15) is 24.2 Å². The number of benzene rings is 1. The Hall–Kier alpha value is -4.99. The van der Waals surface area contributed by atoms with Gasteiger partial charge in [-0.1, -0.05) is 58.7 Å². The van der Waals surface area contributed by atoms with Crippen LogP contribution in [0.2, 0.25) is 0 Å². The number of rotatable bonds is 19. The van der Waals surface area contributed by atoms with Gasteiger partial charge in [0.2, 0.25) is 29.5 Å². The van der Waals surface area contributed by atoms with E-state index in [9.17, 15) is 38.7 Å². The average Bonchev–Trinajstić information content (AvgIpc) is 3.42. The lowest BCUT2D eigenvalue weighted by Crippen LogP contribution is -2.61. The summed E-state index contributed by atoms with van der Waals surface area (Å²) >= 11 is 0. The molecular weight excluding hydrogens is 614 g/mol. The highest BCUT2D eigenvalue weighted by Gasteiger charge is 2.35. The molecule has 0 radical (unpaired) electrons. The molecular formula is C31H45N7O9. The molecule has 2 aromatic rings. The lowest BCUT2D eigenvalue weighted by Gasteiger charge is -2.30. The third-order valence-electron chi connectivity index (χ3n) is 8.09. The van der Waals surface area contributed by atoms with E-state index in [-0.39, 0.29) is 6.42 Å². The molecule has 1 heterocycles. The summed E-state index contributed by atoms with van der Waals surface area (Å²) in [5, 5.41) is 29.1. The number of carboxylic acid groups (broad SMARTS) is 2. The van der Waals surface area contributed by atoms with Crippen molar-refractivity contribution < 1.29 is 43.8 Å². The van der Waals surface area contributed by atoms with Crippen molar-refractivity contribution in [3.63, 3.8) is 0 Å². The number of primary amides is 1. The Morgan fingerprint density at radius 3 is 1.79 bits per heavy atom. The fourth-order valence-corrected chi connectivity index (χ4v) is 4.85. The maximum absolute atomic E-state index is 13.8. The summed E-state index contributed by atoms with van der Waals surface area (Å²) in [4.78, 5) is 90.8. The van der Waals surface area contributed by atoms with Gasteiger partial charge >= 0.3 is 11.9 Å². The highest BCUT2D eigenvalue weighted by molar-refractivity contribution is 5.97. The normalized spacial score (nSPS) is 15.6. The Morgan fingerprint density at radius 1 is 0.745 bits per heavy atom. The van der Waals surface area contributed by atoms with Gasteiger partial charge in [0.15, 0.2) is 0 Å². The van der Waals surface area contributed by atoms with Gasteiger partial charge in [0.25, 0.3) is 0 Å². The second kappa shape index (κ2) is 17.6.